The van der Waals surface area contributed by atoms with E-state index in [9.17, 15) is 26.4 Å². The van der Waals surface area contributed by atoms with Gasteiger partial charge in [-0.1, -0.05) is 109 Å². The van der Waals surface area contributed by atoms with Gasteiger partial charge >= 0.3 is 0 Å². The fraction of sp³-hybridized carbons (Fsp3) is 0.0345. The fourth-order valence-electron chi connectivity index (χ4n) is 7.83. The summed E-state index contributed by atoms with van der Waals surface area (Å²) in [6.07, 6.45) is 8.76. The Balaban J connectivity index is 0.000000182. The number of aromatic nitrogens is 4. The van der Waals surface area contributed by atoms with Gasteiger partial charge in [0.25, 0.3) is 31.9 Å². The molecule has 10 aromatic rings. The Labute approximate surface area is 429 Å². The Hall–Kier alpha value is -9.38. The van der Waals surface area contributed by atoms with Crippen LogP contribution in [0.1, 0.15) is 31.8 Å². The highest BCUT2D eigenvalue weighted by atomic mass is 32.2. The number of sulfonamides is 2. The van der Waals surface area contributed by atoms with Gasteiger partial charge in [0.05, 0.1) is 46.3 Å². The molecule has 0 fully saturated rings. The number of carbonyl (C=O) groups excluding carboxylic acids is 2. The highest BCUT2D eigenvalue weighted by Gasteiger charge is 2.27. The third-order valence-corrected chi connectivity index (χ3v) is 15.2. The second-order valence-corrected chi connectivity index (χ2v) is 20.4. The van der Waals surface area contributed by atoms with Gasteiger partial charge < -0.3 is 15.2 Å². The van der Waals surface area contributed by atoms with Crippen molar-refractivity contribution in [3.05, 3.63) is 278 Å². The average molecular weight is 1020 g/mol. The highest BCUT2D eigenvalue weighted by molar-refractivity contribution is 7.93. The molecular formula is C58H48N8O6S2. The largest absolute Gasteiger partial charge is 0.322 e. The van der Waals surface area contributed by atoms with Crippen LogP contribution in [0.25, 0.3) is 11.4 Å². The number of hydrogen-bond acceptors (Lipinski definition) is 8. The second-order valence-electron chi connectivity index (χ2n) is 16.6. The minimum atomic E-state index is -3.89. The molecule has 2 heterocycles. The zero-order valence-corrected chi connectivity index (χ0v) is 41.2. The SMILES string of the molecule is O=C(Nc1ccc(-n2cccn2)cc1)c1cccc(N(Cc2ccccc2)S(=O)(=O)c2ccccc2)c1.O=C(Nc1ccc(-n2ccnc2)cc1)c1cccc(N(Cc2ccccc2)S(=O)(=O)c2ccccc2)c1. The zero-order valence-electron chi connectivity index (χ0n) is 39.6. The van der Waals surface area contributed by atoms with E-state index in [-0.39, 0.29) is 34.7 Å². The van der Waals surface area contributed by atoms with E-state index in [4.69, 9.17) is 0 Å². The van der Waals surface area contributed by atoms with Gasteiger partial charge in [0.1, 0.15) is 0 Å². The number of hydrogen-bond donors (Lipinski definition) is 2. The standard InChI is InChI=1S/2C29H24N4O3S/c34-29(31-25-15-17-26(18-16-25)32-20-8-19-30-32)24-11-7-12-27(21-24)33(22-23-9-3-1-4-10-23)37(35,36)28-13-5-2-6-14-28;34-29(31-25-14-16-26(17-15-25)32-19-18-30-22-32)24-10-7-11-27(20-24)33(21-23-8-3-1-4-9-23)37(35,36)28-12-5-2-6-13-28/h1-21H,22H2,(H,31,34);1-20,22H,21H2,(H,31,34). The lowest BCUT2D eigenvalue weighted by atomic mass is 10.1. The predicted octanol–water partition coefficient (Wildman–Crippen LogP) is 11.0. The van der Waals surface area contributed by atoms with E-state index in [1.165, 1.54) is 8.61 Å². The fourth-order valence-corrected chi connectivity index (χ4v) is 10.8. The number of carbonyl (C=O) groups is 2. The number of nitrogens with zero attached hydrogens (tertiary/aromatic N) is 6. The van der Waals surface area contributed by atoms with Crippen LogP contribution in [0.5, 0.6) is 0 Å². The molecule has 2 amide bonds. The summed E-state index contributed by atoms with van der Waals surface area (Å²) < 4.78 is 60.9. The molecule has 0 bridgehead atoms. The first-order chi connectivity index (χ1) is 36.0. The van der Waals surface area contributed by atoms with Crippen molar-refractivity contribution in [1.29, 1.82) is 0 Å². The summed E-state index contributed by atoms with van der Waals surface area (Å²) in [4.78, 5) is 30.6. The molecule has 0 saturated carbocycles. The minimum absolute atomic E-state index is 0.123. The molecule has 10 rings (SSSR count). The molecule has 0 unspecified atom stereocenters. The van der Waals surface area contributed by atoms with Crippen molar-refractivity contribution in [2.75, 3.05) is 19.2 Å². The van der Waals surface area contributed by atoms with Gasteiger partial charge in [0.2, 0.25) is 0 Å². The lowest BCUT2D eigenvalue weighted by Gasteiger charge is -2.25. The molecule has 74 heavy (non-hydrogen) atoms. The Morgan fingerprint density at radius 3 is 1.28 bits per heavy atom. The van der Waals surface area contributed by atoms with Crippen molar-refractivity contribution in [3.63, 3.8) is 0 Å². The van der Waals surface area contributed by atoms with E-state index in [1.54, 1.807) is 157 Å². The van der Waals surface area contributed by atoms with Gasteiger partial charge in [-0.05, 0) is 126 Å². The van der Waals surface area contributed by atoms with Gasteiger partial charge in [-0.25, -0.2) is 26.5 Å². The van der Waals surface area contributed by atoms with Gasteiger partial charge in [-0.3, -0.25) is 18.2 Å². The van der Waals surface area contributed by atoms with Crippen molar-refractivity contribution < 1.29 is 26.4 Å². The lowest BCUT2D eigenvalue weighted by molar-refractivity contribution is 0.101. The summed E-state index contributed by atoms with van der Waals surface area (Å²) in [5, 5.41) is 9.96. The molecule has 2 aromatic heterocycles. The maximum Gasteiger partial charge on any atom is 0.264 e. The maximum absolute atomic E-state index is 13.7. The molecule has 368 valence electrons. The number of benzene rings is 8. The molecule has 0 saturated heterocycles. The van der Waals surface area contributed by atoms with E-state index < -0.39 is 20.0 Å². The van der Waals surface area contributed by atoms with Crippen molar-refractivity contribution in [2.45, 2.75) is 22.9 Å². The quantitative estimate of drug-likeness (QED) is 0.0964. The summed E-state index contributed by atoms with van der Waals surface area (Å²) in [7, 11) is -7.77. The summed E-state index contributed by atoms with van der Waals surface area (Å²) in [5.41, 5.74) is 6.16. The number of rotatable bonds is 16. The summed E-state index contributed by atoms with van der Waals surface area (Å²) in [6, 6.07) is 65.0. The van der Waals surface area contributed by atoms with Crippen LogP contribution in [0, 0.1) is 0 Å². The van der Waals surface area contributed by atoms with Gasteiger partial charge in [-0.15, -0.1) is 0 Å². The zero-order chi connectivity index (χ0) is 51.3. The Morgan fingerprint density at radius 2 is 0.878 bits per heavy atom. The lowest BCUT2D eigenvalue weighted by Crippen LogP contribution is -2.30. The first-order valence-corrected chi connectivity index (χ1v) is 26.1. The Morgan fingerprint density at radius 1 is 0.446 bits per heavy atom. The van der Waals surface area contributed by atoms with E-state index in [1.807, 2.05) is 108 Å². The third-order valence-electron chi connectivity index (χ3n) is 11.6. The number of imidazole rings is 1. The number of amides is 2. The second kappa shape index (κ2) is 22.8. The van der Waals surface area contributed by atoms with E-state index in [0.717, 1.165) is 22.5 Å². The summed E-state index contributed by atoms with van der Waals surface area (Å²) in [5.74, 6) is -0.681. The van der Waals surface area contributed by atoms with Crippen molar-refractivity contribution in [1.82, 2.24) is 19.3 Å². The van der Waals surface area contributed by atoms with Crippen molar-refractivity contribution in [3.8, 4) is 11.4 Å². The molecule has 0 atom stereocenters. The first kappa shape index (κ1) is 49.6. The molecule has 2 N–H and O–H groups in total. The average Bonchev–Trinajstić information content (AvgIpc) is 4.21. The number of anilines is 4. The van der Waals surface area contributed by atoms with Crippen LogP contribution < -0.4 is 19.2 Å². The smallest absolute Gasteiger partial charge is 0.264 e. The molecule has 16 heteroatoms. The van der Waals surface area contributed by atoms with Crippen LogP contribution in [-0.2, 0) is 33.1 Å². The topological polar surface area (TPSA) is 169 Å². The number of nitrogens with one attached hydrogen (secondary N) is 2. The monoisotopic (exact) mass is 1020 g/mol. The summed E-state index contributed by atoms with van der Waals surface area (Å²) in [6.45, 7) is 0.247. The van der Waals surface area contributed by atoms with Gasteiger partial charge in [-0.2, -0.15) is 5.10 Å². The highest BCUT2D eigenvalue weighted by Crippen LogP contribution is 2.29. The van der Waals surface area contributed by atoms with E-state index in [0.29, 0.717) is 33.9 Å². The van der Waals surface area contributed by atoms with Gasteiger partial charge in [0, 0.05) is 53.0 Å². The predicted molar refractivity (Wildman–Crippen MR) is 288 cm³/mol. The van der Waals surface area contributed by atoms with E-state index >= 15 is 0 Å². The summed E-state index contributed by atoms with van der Waals surface area (Å²) >= 11 is 0. The van der Waals surface area contributed by atoms with Crippen LogP contribution in [0.3, 0.4) is 0 Å². The first-order valence-electron chi connectivity index (χ1n) is 23.3. The maximum atomic E-state index is 13.7. The van der Waals surface area contributed by atoms with Crippen LogP contribution in [0.15, 0.2) is 265 Å². The molecule has 0 aliphatic rings. The van der Waals surface area contributed by atoms with Crippen LogP contribution in [-0.4, -0.2) is 48.0 Å². The molecule has 0 radical (unpaired) electrons. The van der Waals surface area contributed by atoms with Gasteiger partial charge in [0.15, 0.2) is 0 Å². The van der Waals surface area contributed by atoms with Crippen LogP contribution in [0.2, 0.25) is 0 Å². The molecule has 14 nitrogen and oxygen atoms in total. The van der Waals surface area contributed by atoms with Crippen LogP contribution >= 0.6 is 0 Å². The minimum Gasteiger partial charge on any atom is -0.322 e. The molecular weight excluding hydrogens is 969 g/mol. The molecule has 0 aliphatic heterocycles. The van der Waals surface area contributed by atoms with Crippen molar-refractivity contribution in [2.24, 2.45) is 0 Å². The van der Waals surface area contributed by atoms with E-state index in [2.05, 4.69) is 20.7 Å². The Kier molecular flexibility index (Phi) is 15.3. The third kappa shape index (κ3) is 12.0. The van der Waals surface area contributed by atoms with Crippen LogP contribution in [0.4, 0.5) is 22.7 Å². The molecule has 0 spiro atoms. The molecule has 8 aromatic carbocycles. The van der Waals surface area contributed by atoms with Crippen molar-refractivity contribution >= 4 is 54.6 Å². The normalized spacial score (nSPS) is 11.1. The molecule has 0 aliphatic carbocycles. The Bertz CT molecular complexity index is 3420.